The summed E-state index contributed by atoms with van der Waals surface area (Å²) < 4.78 is 1.64. The molecule has 0 saturated carbocycles. The van der Waals surface area contributed by atoms with Gasteiger partial charge in [0.25, 0.3) is 5.56 Å². The molecule has 2 aromatic carbocycles. The molecule has 0 spiro atoms. The molecule has 0 bridgehead atoms. The van der Waals surface area contributed by atoms with Crippen LogP contribution in [0, 0.1) is 11.3 Å². The Balaban J connectivity index is 1.31. The topological polar surface area (TPSA) is 87.8 Å². The van der Waals surface area contributed by atoms with E-state index >= 15 is 0 Å². The summed E-state index contributed by atoms with van der Waals surface area (Å²) in [5.41, 5.74) is 4.63. The third kappa shape index (κ3) is 4.02. The molecule has 8 heteroatoms. The number of anilines is 1. The summed E-state index contributed by atoms with van der Waals surface area (Å²) in [5.74, 6) is 0.328. The van der Waals surface area contributed by atoms with Crippen LogP contribution in [-0.2, 0) is 24.2 Å². The number of carbonyl (C=O) groups is 1. The molecule has 0 radical (unpaired) electrons. The average molecular weight is 487 g/mol. The van der Waals surface area contributed by atoms with Gasteiger partial charge in [-0.3, -0.25) is 14.2 Å². The summed E-state index contributed by atoms with van der Waals surface area (Å²) in [6.07, 6.45) is 1.96. The van der Waals surface area contributed by atoms with E-state index in [1.54, 1.807) is 10.6 Å². The molecule has 4 aromatic rings. The van der Waals surface area contributed by atoms with E-state index in [1.807, 2.05) is 37.3 Å². The summed E-state index contributed by atoms with van der Waals surface area (Å²) in [5, 5.41) is 14.6. The lowest BCUT2D eigenvalue weighted by atomic mass is 9.90. The fourth-order valence-electron chi connectivity index (χ4n) is 4.31. The minimum Gasteiger partial charge on any atom is -0.317 e. The minimum absolute atomic E-state index is 0.0665. The Morgan fingerprint density at radius 2 is 2.00 bits per heavy atom. The molecule has 0 unspecified atom stereocenters. The first-order valence-electron chi connectivity index (χ1n) is 11.2. The Kier molecular flexibility index (Phi) is 6.22. The Labute approximate surface area is 205 Å². The normalized spacial score (nSPS) is 12.1. The highest BCUT2D eigenvalue weighted by Gasteiger charge is 2.25. The van der Waals surface area contributed by atoms with E-state index < -0.39 is 0 Å². The SMILES string of the molecule is CCn1c(SCCC(=O)Nc2sc3c(c2C#N)CCc2ccccc2-3)nc2ccccc2c1=O. The lowest BCUT2D eigenvalue weighted by molar-refractivity contribution is -0.115. The molecule has 2 aromatic heterocycles. The van der Waals surface area contributed by atoms with Gasteiger partial charge in [0.2, 0.25) is 5.91 Å². The van der Waals surface area contributed by atoms with Gasteiger partial charge in [0, 0.05) is 23.6 Å². The fraction of sp³-hybridized carbons (Fsp3) is 0.231. The Hall–Kier alpha value is -3.41. The molecule has 1 aliphatic carbocycles. The molecule has 170 valence electrons. The van der Waals surface area contributed by atoms with Crippen molar-refractivity contribution in [3.63, 3.8) is 0 Å². The number of nitrogens with one attached hydrogen (secondary N) is 1. The van der Waals surface area contributed by atoms with Crippen LogP contribution in [0.3, 0.4) is 0 Å². The maximum atomic E-state index is 12.8. The summed E-state index contributed by atoms with van der Waals surface area (Å²) in [7, 11) is 0. The zero-order chi connectivity index (χ0) is 23.7. The van der Waals surface area contributed by atoms with Crippen molar-refractivity contribution in [3.8, 4) is 16.5 Å². The first kappa shape index (κ1) is 22.4. The van der Waals surface area contributed by atoms with Crippen LogP contribution < -0.4 is 10.9 Å². The maximum absolute atomic E-state index is 12.8. The highest BCUT2D eigenvalue weighted by atomic mass is 32.2. The Morgan fingerprint density at radius 1 is 1.21 bits per heavy atom. The second-order valence-electron chi connectivity index (χ2n) is 7.99. The number of thiophene rings is 1. The summed E-state index contributed by atoms with van der Waals surface area (Å²) in [6, 6.07) is 17.8. The second-order valence-corrected chi connectivity index (χ2v) is 10.1. The molecule has 34 heavy (non-hydrogen) atoms. The molecule has 1 amide bonds. The number of amides is 1. The zero-order valence-electron chi connectivity index (χ0n) is 18.6. The number of thioether (sulfide) groups is 1. The van der Waals surface area contributed by atoms with Crippen molar-refractivity contribution in [2.24, 2.45) is 0 Å². The molecule has 0 fully saturated rings. The van der Waals surface area contributed by atoms with Gasteiger partial charge in [-0.1, -0.05) is 48.2 Å². The average Bonchev–Trinajstić information content (AvgIpc) is 3.21. The van der Waals surface area contributed by atoms with Gasteiger partial charge in [-0.05, 0) is 48.6 Å². The number of carbonyl (C=O) groups excluding carboxylic acids is 1. The lowest BCUT2D eigenvalue weighted by Gasteiger charge is -2.15. The number of nitrogens with zero attached hydrogens (tertiary/aromatic N) is 3. The quantitative estimate of drug-likeness (QED) is 0.298. The van der Waals surface area contributed by atoms with Crippen LogP contribution in [0.1, 0.15) is 30.0 Å². The third-order valence-electron chi connectivity index (χ3n) is 5.98. The molecule has 0 atom stereocenters. The molecule has 0 aliphatic heterocycles. The predicted molar refractivity (Wildman–Crippen MR) is 138 cm³/mol. The number of fused-ring (bicyclic) bond motifs is 4. The van der Waals surface area contributed by atoms with E-state index in [4.69, 9.17) is 0 Å². The van der Waals surface area contributed by atoms with E-state index in [0.29, 0.717) is 38.9 Å². The van der Waals surface area contributed by atoms with Gasteiger partial charge in [-0.25, -0.2) is 4.98 Å². The number of aromatic nitrogens is 2. The summed E-state index contributed by atoms with van der Waals surface area (Å²) in [4.78, 5) is 31.2. The zero-order valence-corrected chi connectivity index (χ0v) is 20.3. The number of hydrogen-bond acceptors (Lipinski definition) is 6. The number of rotatable bonds is 6. The van der Waals surface area contributed by atoms with Crippen LogP contribution in [0.25, 0.3) is 21.3 Å². The van der Waals surface area contributed by atoms with Gasteiger partial charge in [-0.15, -0.1) is 11.3 Å². The monoisotopic (exact) mass is 486 g/mol. The number of aryl methyl sites for hydroxylation is 1. The van der Waals surface area contributed by atoms with Gasteiger partial charge in [0.15, 0.2) is 5.16 Å². The van der Waals surface area contributed by atoms with E-state index in [2.05, 4.69) is 28.5 Å². The fourth-order valence-corrected chi connectivity index (χ4v) is 6.59. The predicted octanol–water partition coefficient (Wildman–Crippen LogP) is 5.24. The molecule has 2 heterocycles. The molecule has 0 saturated heterocycles. The molecular weight excluding hydrogens is 464 g/mol. The van der Waals surface area contributed by atoms with Crippen LogP contribution in [-0.4, -0.2) is 21.2 Å². The van der Waals surface area contributed by atoms with Crippen LogP contribution in [0.5, 0.6) is 0 Å². The number of para-hydroxylation sites is 1. The molecule has 5 rings (SSSR count). The van der Waals surface area contributed by atoms with Gasteiger partial charge < -0.3 is 5.32 Å². The van der Waals surface area contributed by atoms with Crippen LogP contribution >= 0.6 is 23.1 Å². The van der Waals surface area contributed by atoms with Crippen LogP contribution in [0.15, 0.2) is 58.5 Å². The van der Waals surface area contributed by atoms with Crippen molar-refractivity contribution in [1.29, 1.82) is 5.26 Å². The van der Waals surface area contributed by atoms with Gasteiger partial charge in [-0.2, -0.15) is 5.26 Å². The van der Waals surface area contributed by atoms with E-state index in [0.717, 1.165) is 28.8 Å². The number of nitriles is 1. The molecule has 6 nitrogen and oxygen atoms in total. The van der Waals surface area contributed by atoms with Crippen molar-refractivity contribution >= 4 is 44.9 Å². The second kappa shape index (κ2) is 9.45. The Bertz CT molecular complexity index is 1510. The first-order chi connectivity index (χ1) is 16.6. The Morgan fingerprint density at radius 3 is 2.82 bits per heavy atom. The first-order valence-corrected chi connectivity index (χ1v) is 13.0. The highest BCUT2D eigenvalue weighted by Crippen LogP contribution is 2.44. The van der Waals surface area contributed by atoms with Crippen molar-refractivity contribution in [3.05, 3.63) is 75.6 Å². The number of hydrogen-bond donors (Lipinski definition) is 1. The smallest absolute Gasteiger partial charge is 0.262 e. The van der Waals surface area contributed by atoms with E-state index in [-0.39, 0.29) is 17.9 Å². The summed E-state index contributed by atoms with van der Waals surface area (Å²) >= 11 is 2.87. The number of benzene rings is 2. The van der Waals surface area contributed by atoms with Crippen molar-refractivity contribution in [2.75, 3.05) is 11.1 Å². The van der Waals surface area contributed by atoms with Gasteiger partial charge >= 0.3 is 0 Å². The van der Waals surface area contributed by atoms with Gasteiger partial charge in [0.1, 0.15) is 11.1 Å². The largest absolute Gasteiger partial charge is 0.317 e. The lowest BCUT2D eigenvalue weighted by Crippen LogP contribution is -2.22. The van der Waals surface area contributed by atoms with Crippen molar-refractivity contribution in [1.82, 2.24) is 9.55 Å². The maximum Gasteiger partial charge on any atom is 0.262 e. The van der Waals surface area contributed by atoms with Gasteiger partial charge in [0.05, 0.1) is 16.5 Å². The van der Waals surface area contributed by atoms with Crippen molar-refractivity contribution in [2.45, 2.75) is 37.9 Å². The minimum atomic E-state index is -0.151. The molecule has 1 N–H and O–H groups in total. The van der Waals surface area contributed by atoms with E-state index in [1.165, 1.54) is 28.7 Å². The third-order valence-corrected chi connectivity index (χ3v) is 8.14. The van der Waals surface area contributed by atoms with Crippen LogP contribution in [0.4, 0.5) is 5.00 Å². The van der Waals surface area contributed by atoms with E-state index in [9.17, 15) is 14.9 Å². The molecule has 1 aliphatic rings. The van der Waals surface area contributed by atoms with Crippen molar-refractivity contribution < 1.29 is 4.79 Å². The standard InChI is InChI=1S/C26H22N4O2S2/c1-2-30-25(32)19-9-5-6-10-21(19)28-26(30)33-14-13-22(31)29-24-20(15-27)18-12-11-16-7-3-4-8-17(16)23(18)34-24/h3-10H,2,11-14H2,1H3,(H,29,31). The highest BCUT2D eigenvalue weighted by molar-refractivity contribution is 7.99. The molecular formula is C26H22N4O2S2. The van der Waals surface area contributed by atoms with Crippen LogP contribution in [0.2, 0.25) is 0 Å². The summed E-state index contributed by atoms with van der Waals surface area (Å²) in [6.45, 7) is 2.42.